The van der Waals surface area contributed by atoms with Gasteiger partial charge in [-0.25, -0.2) is 4.98 Å². The summed E-state index contributed by atoms with van der Waals surface area (Å²) in [6.07, 6.45) is 4.51. The van der Waals surface area contributed by atoms with Crippen LogP contribution in [-0.4, -0.2) is 50.6 Å². The lowest BCUT2D eigenvalue weighted by Crippen LogP contribution is -2.40. The minimum absolute atomic E-state index is 0.176. The summed E-state index contributed by atoms with van der Waals surface area (Å²) in [5.74, 6) is -0.209. The Morgan fingerprint density at radius 3 is 2.60 bits per heavy atom. The van der Waals surface area contributed by atoms with Crippen LogP contribution in [-0.2, 0) is 9.59 Å². The molecule has 2 aromatic heterocycles. The molecule has 0 spiro atoms. The summed E-state index contributed by atoms with van der Waals surface area (Å²) in [4.78, 5) is 45.9. The lowest BCUT2D eigenvalue weighted by Gasteiger charge is -2.32. The highest BCUT2D eigenvalue weighted by Gasteiger charge is 2.31. The molecule has 156 valence electrons. The van der Waals surface area contributed by atoms with Gasteiger partial charge in [-0.15, -0.1) is 0 Å². The highest BCUT2D eigenvalue weighted by atomic mass is 32.2. The quantitative estimate of drug-likeness (QED) is 0.567. The fraction of sp³-hybridized carbons (Fsp3) is 0.350. The van der Waals surface area contributed by atoms with Crippen LogP contribution in [0, 0.1) is 12.8 Å². The zero-order chi connectivity index (χ0) is 21.6. The van der Waals surface area contributed by atoms with Crippen molar-refractivity contribution in [2.45, 2.75) is 19.8 Å². The predicted octanol–water partition coefficient (Wildman–Crippen LogP) is 1.54. The molecule has 10 heteroatoms. The third kappa shape index (κ3) is 3.61. The standard InChI is InChI=1S/C20H21N5O3S2/c1-11-3-4-15-22-17(24-7-5-12(6-8-24)16(21)26)13(18(27)25(15)10-11)9-14-19(28)23(2)20(29)30-14/h3-4,9-10,12H,5-8H2,1-2H3,(H2,21,26)/b14-9+. The number of hydrogen-bond acceptors (Lipinski definition) is 7. The van der Waals surface area contributed by atoms with E-state index in [4.69, 9.17) is 22.9 Å². The van der Waals surface area contributed by atoms with Crippen LogP contribution in [0.25, 0.3) is 11.7 Å². The van der Waals surface area contributed by atoms with Crippen LogP contribution in [0.2, 0.25) is 0 Å². The largest absolute Gasteiger partial charge is 0.369 e. The van der Waals surface area contributed by atoms with Gasteiger partial charge >= 0.3 is 0 Å². The molecule has 0 aliphatic carbocycles. The Labute approximate surface area is 182 Å². The zero-order valence-electron chi connectivity index (χ0n) is 16.6. The third-order valence-electron chi connectivity index (χ3n) is 5.44. The molecule has 2 saturated heterocycles. The fourth-order valence-corrected chi connectivity index (χ4v) is 4.83. The summed E-state index contributed by atoms with van der Waals surface area (Å²) < 4.78 is 1.94. The average Bonchev–Trinajstić information content (AvgIpc) is 2.97. The zero-order valence-corrected chi connectivity index (χ0v) is 18.3. The summed E-state index contributed by atoms with van der Waals surface area (Å²) >= 11 is 6.38. The number of thioether (sulfide) groups is 1. The number of pyridine rings is 1. The fourth-order valence-electron chi connectivity index (χ4n) is 3.67. The molecule has 2 aliphatic rings. The number of nitrogens with zero attached hydrogens (tertiary/aromatic N) is 4. The number of primary amides is 1. The van der Waals surface area contributed by atoms with Crippen molar-refractivity contribution in [3.63, 3.8) is 0 Å². The molecule has 2 aromatic rings. The van der Waals surface area contributed by atoms with Gasteiger partial charge in [0.1, 0.15) is 15.8 Å². The van der Waals surface area contributed by atoms with Crippen LogP contribution in [0.3, 0.4) is 0 Å². The molecule has 0 aromatic carbocycles. The second-order valence-electron chi connectivity index (χ2n) is 7.49. The first-order chi connectivity index (χ1) is 14.3. The Morgan fingerprint density at radius 2 is 2.00 bits per heavy atom. The maximum absolute atomic E-state index is 13.4. The number of fused-ring (bicyclic) bond motifs is 1. The molecule has 4 heterocycles. The molecule has 0 bridgehead atoms. The molecular weight excluding hydrogens is 422 g/mol. The average molecular weight is 444 g/mol. The maximum Gasteiger partial charge on any atom is 0.267 e. The van der Waals surface area contributed by atoms with Gasteiger partial charge in [0.05, 0.1) is 10.5 Å². The minimum Gasteiger partial charge on any atom is -0.369 e. The van der Waals surface area contributed by atoms with Crippen molar-refractivity contribution < 1.29 is 9.59 Å². The summed E-state index contributed by atoms with van der Waals surface area (Å²) in [7, 11) is 1.61. The van der Waals surface area contributed by atoms with E-state index in [-0.39, 0.29) is 23.3 Å². The smallest absolute Gasteiger partial charge is 0.267 e. The Hall–Kier alpha value is -2.72. The van der Waals surface area contributed by atoms with Gasteiger partial charge in [-0.05, 0) is 37.5 Å². The molecule has 2 N–H and O–H groups in total. The van der Waals surface area contributed by atoms with Crippen molar-refractivity contribution in [1.29, 1.82) is 0 Å². The Morgan fingerprint density at radius 1 is 1.30 bits per heavy atom. The molecule has 4 rings (SSSR count). The van der Waals surface area contributed by atoms with E-state index < -0.39 is 0 Å². The highest BCUT2D eigenvalue weighted by Crippen LogP contribution is 2.33. The van der Waals surface area contributed by atoms with Gasteiger partial charge in [0, 0.05) is 32.3 Å². The van der Waals surface area contributed by atoms with Gasteiger partial charge in [-0.3, -0.25) is 23.7 Å². The van der Waals surface area contributed by atoms with Crippen LogP contribution in [0.4, 0.5) is 5.82 Å². The Kier molecular flexibility index (Phi) is 5.37. The van der Waals surface area contributed by atoms with E-state index in [9.17, 15) is 14.4 Å². The van der Waals surface area contributed by atoms with Crippen molar-refractivity contribution in [3.8, 4) is 0 Å². The number of carbonyl (C=O) groups is 2. The lowest BCUT2D eigenvalue weighted by atomic mass is 9.96. The predicted molar refractivity (Wildman–Crippen MR) is 121 cm³/mol. The maximum atomic E-state index is 13.4. The molecule has 2 amide bonds. The summed E-state index contributed by atoms with van der Waals surface area (Å²) in [6.45, 7) is 3.01. The van der Waals surface area contributed by atoms with Crippen LogP contribution < -0.4 is 16.2 Å². The monoisotopic (exact) mass is 443 g/mol. The Balaban J connectivity index is 1.85. The van der Waals surface area contributed by atoms with Gasteiger partial charge in [-0.2, -0.15) is 0 Å². The second-order valence-corrected chi connectivity index (χ2v) is 9.17. The summed E-state index contributed by atoms with van der Waals surface area (Å²) in [5, 5.41) is 0. The van der Waals surface area contributed by atoms with Crippen molar-refractivity contribution in [2.75, 3.05) is 25.0 Å². The topological polar surface area (TPSA) is 101 Å². The molecule has 8 nitrogen and oxygen atoms in total. The van der Waals surface area contributed by atoms with E-state index in [0.29, 0.717) is 52.2 Å². The first kappa shape index (κ1) is 20.5. The number of aromatic nitrogens is 2. The number of carbonyl (C=O) groups excluding carboxylic acids is 2. The number of piperidine rings is 1. The lowest BCUT2D eigenvalue weighted by molar-refractivity contribution is -0.122. The number of anilines is 1. The van der Waals surface area contributed by atoms with Crippen LogP contribution in [0.5, 0.6) is 0 Å². The van der Waals surface area contributed by atoms with Gasteiger partial charge in [0.2, 0.25) is 5.91 Å². The molecular formula is C20H21N5O3S2. The van der Waals surface area contributed by atoms with E-state index in [1.165, 1.54) is 21.1 Å². The SMILES string of the molecule is Cc1ccc2nc(N3CCC(C(N)=O)CC3)c(/C=C3/SC(=S)N(C)C3=O)c(=O)n2c1. The first-order valence-electron chi connectivity index (χ1n) is 9.55. The van der Waals surface area contributed by atoms with E-state index in [1.54, 1.807) is 25.4 Å². The number of amides is 2. The molecule has 2 fully saturated rings. The normalized spacial score (nSPS) is 19.3. The summed E-state index contributed by atoms with van der Waals surface area (Å²) in [5.41, 5.74) is 6.99. The van der Waals surface area contributed by atoms with Crippen LogP contribution in [0.15, 0.2) is 28.0 Å². The molecule has 30 heavy (non-hydrogen) atoms. The van der Waals surface area contributed by atoms with Gasteiger partial charge < -0.3 is 10.6 Å². The van der Waals surface area contributed by atoms with Gasteiger partial charge in [-0.1, -0.05) is 30.0 Å². The molecule has 0 radical (unpaired) electrons. The first-order valence-corrected chi connectivity index (χ1v) is 10.8. The highest BCUT2D eigenvalue weighted by molar-refractivity contribution is 8.26. The van der Waals surface area contributed by atoms with Crippen molar-refractivity contribution in [1.82, 2.24) is 14.3 Å². The Bertz CT molecular complexity index is 1160. The third-order valence-corrected chi connectivity index (χ3v) is 6.93. The van der Waals surface area contributed by atoms with Gasteiger partial charge in [0.25, 0.3) is 11.5 Å². The minimum atomic E-state index is -0.302. The van der Waals surface area contributed by atoms with Crippen molar-refractivity contribution >= 4 is 57.7 Å². The number of aryl methyl sites for hydroxylation is 1. The van der Waals surface area contributed by atoms with Gasteiger partial charge in [0.15, 0.2) is 0 Å². The molecule has 0 atom stereocenters. The number of nitrogens with two attached hydrogens (primary N) is 1. The number of hydrogen-bond donors (Lipinski definition) is 1. The number of rotatable bonds is 3. The molecule has 0 saturated carbocycles. The molecule has 2 aliphatic heterocycles. The van der Waals surface area contributed by atoms with E-state index in [1.807, 2.05) is 17.9 Å². The van der Waals surface area contributed by atoms with E-state index >= 15 is 0 Å². The van der Waals surface area contributed by atoms with Crippen molar-refractivity contribution in [3.05, 3.63) is 44.7 Å². The van der Waals surface area contributed by atoms with Crippen LogP contribution in [0.1, 0.15) is 24.0 Å². The van der Waals surface area contributed by atoms with Crippen LogP contribution >= 0.6 is 24.0 Å². The van der Waals surface area contributed by atoms with E-state index in [2.05, 4.69) is 0 Å². The van der Waals surface area contributed by atoms with E-state index in [0.717, 1.165) is 5.56 Å². The van der Waals surface area contributed by atoms with Crippen molar-refractivity contribution in [2.24, 2.45) is 11.7 Å². The number of likely N-dealkylation sites (N-methyl/N-ethyl adjacent to an activating group) is 1. The second kappa shape index (κ2) is 7.84. The number of thiocarbonyl (C=S) groups is 1. The summed E-state index contributed by atoms with van der Waals surface area (Å²) in [6, 6.07) is 3.69. The molecule has 0 unspecified atom stereocenters.